The van der Waals surface area contributed by atoms with E-state index in [0.29, 0.717) is 0 Å². The first-order valence-corrected chi connectivity index (χ1v) is 5.97. The number of hydrogen-bond acceptors (Lipinski definition) is 0. The van der Waals surface area contributed by atoms with Gasteiger partial charge in [0.25, 0.3) is 0 Å². The van der Waals surface area contributed by atoms with Crippen LogP contribution in [-0.4, -0.2) is 0 Å². The molecule has 3 rings (SSSR count). The highest BCUT2D eigenvalue weighted by atomic mass is 79.9. The first-order valence-electron chi connectivity index (χ1n) is 5.97. The van der Waals surface area contributed by atoms with Crippen LogP contribution in [0.4, 0.5) is 0 Å². The highest BCUT2D eigenvalue weighted by Crippen LogP contribution is 2.25. The van der Waals surface area contributed by atoms with Gasteiger partial charge in [0.05, 0.1) is 11.1 Å². The Morgan fingerprint density at radius 3 is 1.32 bits per heavy atom. The molecule has 0 unspecified atom stereocenters. The van der Waals surface area contributed by atoms with Crippen LogP contribution in [0.3, 0.4) is 0 Å². The lowest BCUT2D eigenvalue weighted by Crippen LogP contribution is -3.00. The van der Waals surface area contributed by atoms with Crippen LogP contribution in [0.25, 0.3) is 22.6 Å². The topological polar surface area (TPSA) is 11.3 Å². The van der Waals surface area contributed by atoms with Crippen molar-refractivity contribution in [1.82, 2.24) is 0 Å². The molecule has 0 aliphatic heterocycles. The van der Waals surface area contributed by atoms with Gasteiger partial charge in [-0.3, -0.25) is 0 Å². The van der Waals surface area contributed by atoms with Gasteiger partial charge in [0.15, 0.2) is 0 Å². The summed E-state index contributed by atoms with van der Waals surface area (Å²) in [7, 11) is 0. The zero-order valence-corrected chi connectivity index (χ0v) is 11.9. The molecule has 19 heavy (non-hydrogen) atoms. The number of hydrogen-bond donors (Lipinski definition) is 0. The number of halogens is 1. The summed E-state index contributed by atoms with van der Waals surface area (Å²) in [6.45, 7) is 0. The Kier molecular flexibility index (Phi) is 4.48. The van der Waals surface area contributed by atoms with Gasteiger partial charge in [0, 0.05) is 12.1 Å². The first kappa shape index (κ1) is 13.5. The lowest BCUT2D eigenvalue weighted by Gasteiger charge is -1.93. The molecular formula is C17H13BrO. The van der Waals surface area contributed by atoms with Crippen LogP contribution >= 0.6 is 0 Å². The Morgan fingerprint density at radius 2 is 0.895 bits per heavy atom. The number of benzene rings is 2. The van der Waals surface area contributed by atoms with Crippen LogP contribution in [0.2, 0.25) is 0 Å². The van der Waals surface area contributed by atoms with Gasteiger partial charge in [0.2, 0.25) is 0 Å². The van der Waals surface area contributed by atoms with Crippen LogP contribution < -0.4 is 17.0 Å². The summed E-state index contributed by atoms with van der Waals surface area (Å²) >= 11 is 0. The van der Waals surface area contributed by atoms with E-state index in [1.807, 2.05) is 78.9 Å². The third-order valence-corrected chi connectivity index (χ3v) is 2.83. The molecule has 2 aromatic carbocycles. The van der Waals surface area contributed by atoms with E-state index >= 15 is 0 Å². The van der Waals surface area contributed by atoms with Gasteiger partial charge in [-0.05, 0) is 30.3 Å². The van der Waals surface area contributed by atoms with E-state index in [1.165, 1.54) is 0 Å². The fourth-order valence-corrected chi connectivity index (χ4v) is 1.92. The monoisotopic (exact) mass is 312 g/mol. The molecule has 94 valence electrons. The van der Waals surface area contributed by atoms with Gasteiger partial charge in [-0.2, -0.15) is 0 Å². The van der Waals surface area contributed by atoms with Crippen LogP contribution in [0.5, 0.6) is 0 Å². The van der Waals surface area contributed by atoms with Crippen molar-refractivity contribution in [3.8, 4) is 22.6 Å². The van der Waals surface area contributed by atoms with Crippen LogP contribution in [-0.2, 0) is 0 Å². The first-order chi connectivity index (χ1) is 8.93. The molecule has 1 heterocycles. The highest BCUT2D eigenvalue weighted by Gasteiger charge is 2.15. The van der Waals surface area contributed by atoms with Gasteiger partial charge in [-0.25, -0.2) is 4.42 Å². The van der Waals surface area contributed by atoms with Gasteiger partial charge in [0.1, 0.15) is 0 Å². The van der Waals surface area contributed by atoms with Crippen molar-refractivity contribution >= 4 is 0 Å². The van der Waals surface area contributed by atoms with Crippen molar-refractivity contribution < 1.29 is 21.4 Å². The maximum absolute atomic E-state index is 5.95. The minimum atomic E-state index is 0. The fourth-order valence-electron chi connectivity index (χ4n) is 1.92. The van der Waals surface area contributed by atoms with Crippen LogP contribution in [0, 0.1) is 0 Å². The van der Waals surface area contributed by atoms with Gasteiger partial charge in [-0.1, -0.05) is 36.4 Å². The zero-order chi connectivity index (χ0) is 12.2. The van der Waals surface area contributed by atoms with E-state index < -0.39 is 0 Å². The van der Waals surface area contributed by atoms with Gasteiger partial charge in [-0.15, -0.1) is 0 Å². The molecule has 0 fully saturated rings. The summed E-state index contributed by atoms with van der Waals surface area (Å²) in [5, 5.41) is 0. The Hall–Kier alpha value is -1.93. The van der Waals surface area contributed by atoms with E-state index in [0.717, 1.165) is 22.6 Å². The van der Waals surface area contributed by atoms with E-state index in [4.69, 9.17) is 4.42 Å². The fraction of sp³-hybridized carbons (Fsp3) is 0. The molecule has 0 amide bonds. The molecule has 0 spiro atoms. The molecular weight excluding hydrogens is 300 g/mol. The molecule has 0 aliphatic carbocycles. The Balaban J connectivity index is 0.00000133. The predicted octanol–water partition coefficient (Wildman–Crippen LogP) is 1.90. The van der Waals surface area contributed by atoms with Crippen molar-refractivity contribution in [2.24, 2.45) is 0 Å². The summed E-state index contributed by atoms with van der Waals surface area (Å²) in [6.07, 6.45) is 0. The summed E-state index contributed by atoms with van der Waals surface area (Å²) in [5.41, 5.74) is 2.19. The van der Waals surface area contributed by atoms with Gasteiger partial charge >= 0.3 is 11.5 Å². The normalized spacial score (nSPS) is 9.68. The average molecular weight is 313 g/mol. The largest absolute Gasteiger partial charge is 1.00 e. The van der Waals surface area contributed by atoms with E-state index in [9.17, 15) is 0 Å². The van der Waals surface area contributed by atoms with Crippen LogP contribution in [0.1, 0.15) is 0 Å². The number of rotatable bonds is 2. The minimum Gasteiger partial charge on any atom is -1.00 e. The van der Waals surface area contributed by atoms with Crippen molar-refractivity contribution in [2.45, 2.75) is 0 Å². The van der Waals surface area contributed by atoms with Crippen molar-refractivity contribution in [1.29, 1.82) is 0 Å². The van der Waals surface area contributed by atoms with Gasteiger partial charge < -0.3 is 17.0 Å². The second-order valence-corrected chi connectivity index (χ2v) is 4.09. The summed E-state index contributed by atoms with van der Waals surface area (Å²) < 4.78 is 5.95. The molecule has 0 N–H and O–H groups in total. The Morgan fingerprint density at radius 1 is 0.474 bits per heavy atom. The lowest BCUT2D eigenvalue weighted by atomic mass is 10.1. The zero-order valence-electron chi connectivity index (χ0n) is 10.3. The van der Waals surface area contributed by atoms with Crippen molar-refractivity contribution in [3.05, 3.63) is 78.9 Å². The maximum Gasteiger partial charge on any atom is 0.360 e. The molecule has 0 aliphatic rings. The minimum absolute atomic E-state index is 0. The summed E-state index contributed by atoms with van der Waals surface area (Å²) in [6, 6.07) is 26.3. The molecule has 0 bridgehead atoms. The molecule has 0 radical (unpaired) electrons. The molecule has 0 saturated carbocycles. The SMILES string of the molecule is [Br-].c1ccc(-c2cccc(-c3ccccc3)[o+]2)cc1. The molecule has 3 aromatic rings. The second kappa shape index (κ2) is 6.30. The summed E-state index contributed by atoms with van der Waals surface area (Å²) in [4.78, 5) is 0. The maximum atomic E-state index is 5.95. The van der Waals surface area contributed by atoms with Crippen molar-refractivity contribution in [3.63, 3.8) is 0 Å². The standard InChI is InChI=1S/C17H13O.BrH/c1-3-8-14(9-4-1)16-12-7-13-17(18-16)15-10-5-2-6-11-15;/h1-13H;1H/q+1;/p-1. The van der Waals surface area contributed by atoms with Crippen molar-refractivity contribution in [2.75, 3.05) is 0 Å². The molecule has 2 heteroatoms. The average Bonchev–Trinajstić information content (AvgIpc) is 2.49. The third kappa shape index (κ3) is 3.09. The Labute approximate surface area is 123 Å². The highest BCUT2D eigenvalue weighted by molar-refractivity contribution is 5.62. The summed E-state index contributed by atoms with van der Waals surface area (Å²) in [5.74, 6) is 1.77. The van der Waals surface area contributed by atoms with Crippen LogP contribution in [0.15, 0.2) is 83.3 Å². The second-order valence-electron chi connectivity index (χ2n) is 4.09. The predicted molar refractivity (Wildman–Crippen MR) is 74.0 cm³/mol. The molecule has 0 saturated heterocycles. The smallest absolute Gasteiger partial charge is 0.360 e. The molecule has 0 atom stereocenters. The molecule has 1 aromatic heterocycles. The van der Waals surface area contributed by atoms with E-state index in [1.54, 1.807) is 0 Å². The third-order valence-electron chi connectivity index (χ3n) is 2.83. The Bertz CT molecular complexity index is 581. The molecule has 1 nitrogen and oxygen atoms in total. The van der Waals surface area contributed by atoms with E-state index in [-0.39, 0.29) is 17.0 Å². The quantitative estimate of drug-likeness (QED) is 0.658. The van der Waals surface area contributed by atoms with E-state index in [2.05, 4.69) is 0 Å². The lowest BCUT2D eigenvalue weighted by molar-refractivity contribution is -0.00000399.